The summed E-state index contributed by atoms with van der Waals surface area (Å²) >= 11 is 0. The second-order valence-electron chi connectivity index (χ2n) is 9.76. The first-order chi connectivity index (χ1) is 14.4. The summed E-state index contributed by atoms with van der Waals surface area (Å²) < 4.78 is 11.0. The van der Waals surface area contributed by atoms with E-state index in [1.165, 1.54) is 4.90 Å². The van der Waals surface area contributed by atoms with Gasteiger partial charge in [-0.05, 0) is 58.4 Å². The summed E-state index contributed by atoms with van der Waals surface area (Å²) in [6, 6.07) is 8.62. The number of benzene rings is 1. The molecule has 0 unspecified atom stereocenters. The van der Waals surface area contributed by atoms with Crippen LogP contribution in [0.15, 0.2) is 30.3 Å². The van der Waals surface area contributed by atoms with E-state index in [9.17, 15) is 14.4 Å². The Labute approximate surface area is 185 Å². The number of amides is 2. The average molecular weight is 433 g/mol. The van der Waals surface area contributed by atoms with Crippen LogP contribution in [0.5, 0.6) is 0 Å². The first-order valence-corrected chi connectivity index (χ1v) is 10.9. The van der Waals surface area contributed by atoms with Crippen LogP contribution in [0.1, 0.15) is 66.4 Å². The zero-order chi connectivity index (χ0) is 23.2. The van der Waals surface area contributed by atoms with Gasteiger partial charge in [0.25, 0.3) is 0 Å². The summed E-state index contributed by atoms with van der Waals surface area (Å²) in [5.41, 5.74) is -0.847. The highest BCUT2D eigenvalue weighted by Crippen LogP contribution is 2.31. The summed E-state index contributed by atoms with van der Waals surface area (Å²) in [6.07, 6.45) is 1.12. The summed E-state index contributed by atoms with van der Waals surface area (Å²) in [5.74, 6) is -0.664. The van der Waals surface area contributed by atoms with Gasteiger partial charge >= 0.3 is 12.1 Å². The van der Waals surface area contributed by atoms with E-state index in [4.69, 9.17) is 9.47 Å². The van der Waals surface area contributed by atoms with Gasteiger partial charge in [-0.2, -0.15) is 0 Å². The largest absolute Gasteiger partial charge is 0.459 e. The van der Waals surface area contributed by atoms with E-state index in [-0.39, 0.29) is 18.4 Å². The van der Waals surface area contributed by atoms with Crippen molar-refractivity contribution in [3.63, 3.8) is 0 Å². The predicted octanol–water partition coefficient (Wildman–Crippen LogP) is 4.05. The molecule has 2 atom stereocenters. The van der Waals surface area contributed by atoms with Gasteiger partial charge in [-0.1, -0.05) is 44.2 Å². The highest BCUT2D eigenvalue weighted by Gasteiger charge is 2.48. The molecule has 172 valence electrons. The van der Waals surface area contributed by atoms with Crippen LogP contribution in [0.2, 0.25) is 0 Å². The molecule has 7 heteroatoms. The van der Waals surface area contributed by atoms with Crippen molar-refractivity contribution in [1.82, 2.24) is 10.2 Å². The molecule has 1 fully saturated rings. The fourth-order valence-electron chi connectivity index (χ4n) is 3.64. The minimum atomic E-state index is -1.07. The number of likely N-dealkylation sites (tertiary alicyclic amines) is 1. The molecule has 0 spiro atoms. The maximum absolute atomic E-state index is 13.2. The molecule has 1 aliphatic rings. The van der Waals surface area contributed by atoms with Crippen molar-refractivity contribution in [3.8, 4) is 0 Å². The van der Waals surface area contributed by atoms with E-state index in [1.54, 1.807) is 27.7 Å². The molecular weight excluding hydrogens is 396 g/mol. The van der Waals surface area contributed by atoms with Gasteiger partial charge in [0.05, 0.1) is 0 Å². The maximum Gasteiger partial charge on any atom is 0.411 e. The van der Waals surface area contributed by atoms with Crippen LogP contribution < -0.4 is 5.32 Å². The predicted molar refractivity (Wildman–Crippen MR) is 118 cm³/mol. The van der Waals surface area contributed by atoms with Crippen LogP contribution in [0.3, 0.4) is 0 Å². The van der Waals surface area contributed by atoms with Crippen LogP contribution in [-0.2, 0) is 25.7 Å². The molecule has 1 heterocycles. The van der Waals surface area contributed by atoms with Gasteiger partial charge < -0.3 is 14.8 Å². The number of carbonyl (C=O) groups excluding carboxylic acids is 3. The fourth-order valence-corrected chi connectivity index (χ4v) is 3.64. The lowest BCUT2D eigenvalue weighted by Gasteiger charge is -2.36. The van der Waals surface area contributed by atoms with Gasteiger partial charge in [0, 0.05) is 6.54 Å². The van der Waals surface area contributed by atoms with Crippen molar-refractivity contribution in [1.29, 1.82) is 0 Å². The van der Waals surface area contributed by atoms with Crippen molar-refractivity contribution in [3.05, 3.63) is 35.9 Å². The third-order valence-corrected chi connectivity index (χ3v) is 5.26. The summed E-state index contributed by atoms with van der Waals surface area (Å²) in [6.45, 7) is 11.6. The average Bonchev–Trinajstić information content (AvgIpc) is 3.08. The van der Waals surface area contributed by atoms with Gasteiger partial charge in [0.15, 0.2) is 0 Å². The lowest BCUT2D eigenvalue weighted by Crippen LogP contribution is -2.59. The number of carbonyl (C=O) groups is 3. The van der Waals surface area contributed by atoms with E-state index in [2.05, 4.69) is 5.32 Å². The molecule has 1 N–H and O–H groups in total. The van der Waals surface area contributed by atoms with Crippen molar-refractivity contribution in [2.24, 2.45) is 5.92 Å². The number of esters is 1. The Hall–Kier alpha value is -2.57. The standard InChI is InChI=1S/C24H36N2O5/c1-17(2)15-19(20(27)30-16-18-11-8-7-9-12-18)25-21(28)24(6)13-10-14-26(24)22(29)31-23(3,4)5/h7-9,11-12,17,19H,10,13-16H2,1-6H3,(H,25,28)/t19-,24+/m1/s1. The van der Waals surface area contributed by atoms with Gasteiger partial charge in [-0.15, -0.1) is 0 Å². The molecule has 1 aromatic carbocycles. The summed E-state index contributed by atoms with van der Waals surface area (Å²) in [7, 11) is 0. The lowest BCUT2D eigenvalue weighted by atomic mass is 9.96. The minimum Gasteiger partial charge on any atom is -0.459 e. The van der Waals surface area contributed by atoms with Crippen molar-refractivity contribution in [2.75, 3.05) is 6.54 Å². The van der Waals surface area contributed by atoms with Gasteiger partial charge in [0.2, 0.25) is 5.91 Å². The molecule has 0 saturated carbocycles. The topological polar surface area (TPSA) is 84.9 Å². The van der Waals surface area contributed by atoms with E-state index in [1.807, 2.05) is 44.2 Å². The third-order valence-electron chi connectivity index (χ3n) is 5.26. The molecule has 0 aromatic heterocycles. The highest BCUT2D eigenvalue weighted by molar-refractivity contribution is 5.93. The molecule has 1 aliphatic heterocycles. The Bertz CT molecular complexity index is 772. The number of ether oxygens (including phenoxy) is 2. The molecule has 2 amide bonds. The van der Waals surface area contributed by atoms with E-state index in [0.717, 1.165) is 5.56 Å². The van der Waals surface area contributed by atoms with Crippen molar-refractivity contribution < 1.29 is 23.9 Å². The zero-order valence-electron chi connectivity index (χ0n) is 19.6. The minimum absolute atomic E-state index is 0.144. The van der Waals surface area contributed by atoms with Crippen LogP contribution >= 0.6 is 0 Å². The fraction of sp³-hybridized carbons (Fsp3) is 0.625. The van der Waals surface area contributed by atoms with Crippen LogP contribution in [-0.4, -0.2) is 46.6 Å². The van der Waals surface area contributed by atoms with Gasteiger partial charge in [-0.25, -0.2) is 9.59 Å². The number of nitrogens with zero attached hydrogens (tertiary/aromatic N) is 1. The lowest BCUT2D eigenvalue weighted by molar-refractivity contribution is -0.150. The molecule has 2 rings (SSSR count). The normalized spacial score (nSPS) is 19.8. The van der Waals surface area contributed by atoms with E-state index in [0.29, 0.717) is 25.8 Å². The maximum atomic E-state index is 13.2. The molecule has 1 aromatic rings. The number of hydrogen-bond acceptors (Lipinski definition) is 5. The molecule has 0 bridgehead atoms. The first kappa shape index (κ1) is 24.7. The number of rotatable bonds is 7. The number of nitrogens with one attached hydrogen (secondary N) is 1. The Morgan fingerprint density at radius 1 is 1.16 bits per heavy atom. The molecule has 31 heavy (non-hydrogen) atoms. The van der Waals surface area contributed by atoms with Crippen LogP contribution in [0.25, 0.3) is 0 Å². The quantitative estimate of drug-likeness (QED) is 0.657. The molecule has 1 saturated heterocycles. The smallest absolute Gasteiger partial charge is 0.411 e. The Morgan fingerprint density at radius 2 is 1.81 bits per heavy atom. The first-order valence-electron chi connectivity index (χ1n) is 10.9. The molecule has 0 aliphatic carbocycles. The van der Waals surface area contributed by atoms with Gasteiger partial charge in [0.1, 0.15) is 23.8 Å². The number of hydrogen-bond donors (Lipinski definition) is 1. The van der Waals surface area contributed by atoms with Crippen molar-refractivity contribution in [2.45, 2.75) is 84.6 Å². The second-order valence-corrected chi connectivity index (χ2v) is 9.76. The van der Waals surface area contributed by atoms with Crippen LogP contribution in [0, 0.1) is 5.92 Å². The SMILES string of the molecule is CC(C)C[C@@H](NC(=O)[C@]1(C)CCCN1C(=O)OC(C)(C)C)C(=O)OCc1ccccc1. The van der Waals surface area contributed by atoms with Crippen molar-refractivity contribution >= 4 is 18.0 Å². The Balaban J connectivity index is 2.09. The van der Waals surface area contributed by atoms with E-state index >= 15 is 0 Å². The van der Waals surface area contributed by atoms with E-state index < -0.39 is 29.2 Å². The molecular formula is C24H36N2O5. The summed E-state index contributed by atoms with van der Waals surface area (Å²) in [4.78, 5) is 40.2. The molecule has 0 radical (unpaired) electrons. The van der Waals surface area contributed by atoms with Crippen LogP contribution in [0.4, 0.5) is 4.79 Å². The Kier molecular flexibility index (Phi) is 8.09. The monoisotopic (exact) mass is 432 g/mol. The third kappa shape index (κ3) is 6.97. The summed E-state index contributed by atoms with van der Waals surface area (Å²) in [5, 5.41) is 2.85. The molecule has 7 nitrogen and oxygen atoms in total. The highest BCUT2D eigenvalue weighted by atomic mass is 16.6. The second kappa shape index (κ2) is 10.2. The Morgan fingerprint density at radius 3 is 2.39 bits per heavy atom. The van der Waals surface area contributed by atoms with Gasteiger partial charge in [-0.3, -0.25) is 9.69 Å². The zero-order valence-corrected chi connectivity index (χ0v) is 19.6.